The van der Waals surface area contributed by atoms with Gasteiger partial charge in [0, 0.05) is 18.5 Å². The summed E-state index contributed by atoms with van der Waals surface area (Å²) in [6.45, 7) is 1.85. The van der Waals surface area contributed by atoms with E-state index in [1.54, 1.807) is 18.8 Å². The van der Waals surface area contributed by atoms with Crippen LogP contribution < -0.4 is 4.74 Å². The van der Waals surface area contributed by atoms with Crippen LogP contribution in [-0.2, 0) is 13.5 Å². The lowest BCUT2D eigenvalue weighted by atomic mass is 10.0. The SMILES string of the molecule is COc1c(C(O)Cc2ccccc2Cl)c(C)nn1C. The summed E-state index contributed by atoms with van der Waals surface area (Å²) in [5, 5.41) is 15.3. The van der Waals surface area contributed by atoms with Gasteiger partial charge in [0.1, 0.15) is 0 Å². The van der Waals surface area contributed by atoms with Crippen LogP contribution in [0.4, 0.5) is 0 Å². The third kappa shape index (κ3) is 2.74. The van der Waals surface area contributed by atoms with Crippen molar-refractivity contribution in [2.75, 3.05) is 7.11 Å². The van der Waals surface area contributed by atoms with Gasteiger partial charge in [0.25, 0.3) is 0 Å². The maximum absolute atomic E-state index is 10.4. The number of aliphatic hydroxyl groups excluding tert-OH is 1. The van der Waals surface area contributed by atoms with Crippen LogP contribution in [0, 0.1) is 6.92 Å². The lowest BCUT2D eigenvalue weighted by Gasteiger charge is -2.13. The first-order valence-electron chi connectivity index (χ1n) is 6.03. The van der Waals surface area contributed by atoms with Crippen molar-refractivity contribution < 1.29 is 9.84 Å². The summed E-state index contributed by atoms with van der Waals surface area (Å²) in [7, 11) is 3.36. The molecule has 1 N–H and O–H groups in total. The fourth-order valence-electron chi connectivity index (χ4n) is 2.25. The lowest BCUT2D eigenvalue weighted by Crippen LogP contribution is -2.05. The molecule has 1 heterocycles. The molecule has 1 unspecified atom stereocenters. The number of halogens is 1. The van der Waals surface area contributed by atoms with E-state index < -0.39 is 6.10 Å². The van der Waals surface area contributed by atoms with Crippen molar-refractivity contribution in [1.82, 2.24) is 9.78 Å². The van der Waals surface area contributed by atoms with Gasteiger partial charge in [0.15, 0.2) is 0 Å². The highest BCUT2D eigenvalue weighted by Crippen LogP contribution is 2.31. The summed E-state index contributed by atoms with van der Waals surface area (Å²) >= 11 is 6.11. The quantitative estimate of drug-likeness (QED) is 0.937. The molecule has 0 aliphatic carbocycles. The molecule has 0 fully saturated rings. The first kappa shape index (κ1) is 13.9. The predicted octanol–water partition coefficient (Wildman–Crippen LogP) is 2.67. The summed E-state index contributed by atoms with van der Waals surface area (Å²) in [5.74, 6) is 0.581. The van der Waals surface area contributed by atoms with E-state index in [0.29, 0.717) is 22.9 Å². The molecule has 1 atom stereocenters. The third-order valence-electron chi connectivity index (χ3n) is 3.11. The van der Waals surface area contributed by atoms with E-state index in [4.69, 9.17) is 16.3 Å². The van der Waals surface area contributed by atoms with Gasteiger partial charge >= 0.3 is 0 Å². The molecule has 1 aromatic carbocycles. The smallest absolute Gasteiger partial charge is 0.217 e. The molecule has 0 amide bonds. The van der Waals surface area contributed by atoms with E-state index in [1.807, 2.05) is 31.2 Å². The monoisotopic (exact) mass is 280 g/mol. The zero-order valence-electron chi connectivity index (χ0n) is 11.2. The summed E-state index contributed by atoms with van der Waals surface area (Å²) in [5.41, 5.74) is 2.38. The molecule has 19 heavy (non-hydrogen) atoms. The van der Waals surface area contributed by atoms with Gasteiger partial charge in [-0.3, -0.25) is 0 Å². The van der Waals surface area contributed by atoms with Crippen molar-refractivity contribution in [3.8, 4) is 5.88 Å². The molecule has 102 valence electrons. The van der Waals surface area contributed by atoms with Crippen LogP contribution >= 0.6 is 11.6 Å². The molecule has 5 heteroatoms. The molecule has 0 bridgehead atoms. The molecule has 0 saturated heterocycles. The summed E-state index contributed by atoms with van der Waals surface area (Å²) in [6.07, 6.45) is -0.258. The molecule has 2 rings (SSSR count). The summed E-state index contributed by atoms with van der Waals surface area (Å²) in [6, 6.07) is 7.50. The Kier molecular flexibility index (Phi) is 4.12. The Bertz CT molecular complexity index is 581. The fourth-order valence-corrected chi connectivity index (χ4v) is 2.47. The molecule has 4 nitrogen and oxygen atoms in total. The Hall–Kier alpha value is -1.52. The summed E-state index contributed by atoms with van der Waals surface area (Å²) in [4.78, 5) is 0. The first-order valence-corrected chi connectivity index (χ1v) is 6.41. The van der Waals surface area contributed by atoms with Crippen LogP contribution in [0.2, 0.25) is 5.02 Å². The number of hydrogen-bond acceptors (Lipinski definition) is 3. The van der Waals surface area contributed by atoms with E-state index in [-0.39, 0.29) is 0 Å². The van der Waals surface area contributed by atoms with E-state index in [9.17, 15) is 5.11 Å². The molecule has 0 radical (unpaired) electrons. The predicted molar refractivity (Wildman–Crippen MR) is 74.6 cm³/mol. The second-order valence-corrected chi connectivity index (χ2v) is 4.85. The van der Waals surface area contributed by atoms with Gasteiger partial charge in [0.2, 0.25) is 5.88 Å². The minimum atomic E-state index is -0.691. The van der Waals surface area contributed by atoms with Gasteiger partial charge in [-0.1, -0.05) is 29.8 Å². The number of aliphatic hydroxyl groups is 1. The second-order valence-electron chi connectivity index (χ2n) is 4.44. The van der Waals surface area contributed by atoms with Crippen molar-refractivity contribution in [2.45, 2.75) is 19.4 Å². The van der Waals surface area contributed by atoms with Crippen LogP contribution in [0.25, 0.3) is 0 Å². The minimum absolute atomic E-state index is 0.433. The Morgan fingerprint density at radius 1 is 1.42 bits per heavy atom. The van der Waals surface area contributed by atoms with Gasteiger partial charge in [-0.25, -0.2) is 4.68 Å². The van der Waals surface area contributed by atoms with Crippen molar-refractivity contribution in [3.05, 3.63) is 46.1 Å². The second kappa shape index (κ2) is 5.63. The number of aromatic nitrogens is 2. The Morgan fingerprint density at radius 2 is 2.11 bits per heavy atom. The van der Waals surface area contributed by atoms with Crippen LogP contribution in [-0.4, -0.2) is 22.0 Å². The molecule has 0 aliphatic heterocycles. The number of methoxy groups -OCH3 is 1. The molecule has 2 aromatic rings. The molecule has 0 spiro atoms. The Labute approximate surface area is 117 Å². The van der Waals surface area contributed by atoms with Crippen molar-refractivity contribution in [2.24, 2.45) is 7.05 Å². The van der Waals surface area contributed by atoms with Crippen molar-refractivity contribution in [1.29, 1.82) is 0 Å². The highest BCUT2D eigenvalue weighted by atomic mass is 35.5. The zero-order chi connectivity index (χ0) is 14.0. The zero-order valence-corrected chi connectivity index (χ0v) is 12.0. The number of benzene rings is 1. The Morgan fingerprint density at radius 3 is 2.74 bits per heavy atom. The van der Waals surface area contributed by atoms with Gasteiger partial charge in [-0.05, 0) is 18.6 Å². The molecule has 1 aromatic heterocycles. The van der Waals surface area contributed by atoms with E-state index in [0.717, 1.165) is 11.3 Å². The van der Waals surface area contributed by atoms with Gasteiger partial charge in [-0.15, -0.1) is 0 Å². The number of hydrogen-bond donors (Lipinski definition) is 1. The van der Waals surface area contributed by atoms with E-state index in [1.165, 1.54) is 0 Å². The van der Waals surface area contributed by atoms with Crippen LogP contribution in [0.1, 0.15) is 22.9 Å². The van der Waals surface area contributed by atoms with Crippen LogP contribution in [0.5, 0.6) is 5.88 Å². The standard InChI is InChI=1S/C14H17ClN2O2/c1-9-13(14(19-3)17(2)16-9)12(18)8-10-6-4-5-7-11(10)15/h4-7,12,18H,8H2,1-3H3. The van der Waals surface area contributed by atoms with Gasteiger partial charge in [-0.2, -0.15) is 5.10 Å². The van der Waals surface area contributed by atoms with E-state index in [2.05, 4.69) is 5.10 Å². The number of nitrogens with zero attached hydrogens (tertiary/aromatic N) is 2. The number of aryl methyl sites for hydroxylation is 2. The van der Waals surface area contributed by atoms with Gasteiger partial charge in [0.05, 0.1) is 24.5 Å². The lowest BCUT2D eigenvalue weighted by molar-refractivity contribution is 0.172. The summed E-state index contributed by atoms with van der Waals surface area (Å²) < 4.78 is 6.92. The van der Waals surface area contributed by atoms with Crippen LogP contribution in [0.3, 0.4) is 0 Å². The normalized spacial score (nSPS) is 12.5. The maximum atomic E-state index is 10.4. The largest absolute Gasteiger partial charge is 0.481 e. The molecular weight excluding hydrogens is 264 g/mol. The van der Waals surface area contributed by atoms with Gasteiger partial charge < -0.3 is 9.84 Å². The van der Waals surface area contributed by atoms with Crippen LogP contribution in [0.15, 0.2) is 24.3 Å². The highest BCUT2D eigenvalue weighted by Gasteiger charge is 2.22. The van der Waals surface area contributed by atoms with Crippen molar-refractivity contribution in [3.63, 3.8) is 0 Å². The Balaban J connectivity index is 2.30. The molecule has 0 saturated carbocycles. The highest BCUT2D eigenvalue weighted by molar-refractivity contribution is 6.31. The average molecular weight is 281 g/mol. The number of rotatable bonds is 4. The topological polar surface area (TPSA) is 47.3 Å². The third-order valence-corrected chi connectivity index (χ3v) is 3.48. The van der Waals surface area contributed by atoms with Crippen molar-refractivity contribution >= 4 is 11.6 Å². The average Bonchev–Trinajstić information content (AvgIpc) is 2.66. The molecule has 0 aliphatic rings. The fraction of sp³-hybridized carbons (Fsp3) is 0.357. The first-order chi connectivity index (χ1) is 9.04. The number of ether oxygens (including phenoxy) is 1. The van der Waals surface area contributed by atoms with E-state index >= 15 is 0 Å². The molecular formula is C14H17ClN2O2. The maximum Gasteiger partial charge on any atom is 0.217 e. The minimum Gasteiger partial charge on any atom is -0.481 e.